The van der Waals surface area contributed by atoms with E-state index in [0.29, 0.717) is 0 Å². The highest BCUT2D eigenvalue weighted by molar-refractivity contribution is 6.12. The van der Waals surface area contributed by atoms with Gasteiger partial charge in [0.1, 0.15) is 0 Å². The van der Waals surface area contributed by atoms with E-state index in [2.05, 4.69) is 254 Å². The molecule has 0 aliphatic carbocycles. The second-order valence-corrected chi connectivity index (χ2v) is 17.4. The van der Waals surface area contributed by atoms with Gasteiger partial charge in [-0.05, 0) is 99.0 Å². The van der Waals surface area contributed by atoms with E-state index in [1.165, 1.54) is 82.6 Å². The lowest BCUT2D eigenvalue weighted by atomic mass is 9.64. The highest BCUT2D eigenvalue weighted by Crippen LogP contribution is 2.48. The van der Waals surface area contributed by atoms with Crippen LogP contribution in [0.2, 0.25) is 0 Å². The van der Waals surface area contributed by atoms with Gasteiger partial charge in [0.25, 0.3) is 0 Å². The van der Waals surface area contributed by atoms with Crippen LogP contribution < -0.4 is 0 Å². The number of hydrogen-bond donors (Lipinski definition) is 0. The first-order valence-corrected chi connectivity index (χ1v) is 21.3. The quantitative estimate of drug-likeness (QED) is 0.143. The minimum atomic E-state index is -0.626. The Morgan fingerprint density at radius 3 is 1.23 bits per heavy atom. The van der Waals surface area contributed by atoms with Gasteiger partial charge in [0.15, 0.2) is 0 Å². The van der Waals surface area contributed by atoms with Crippen LogP contribution in [0.4, 0.5) is 0 Å². The molecule has 2 heteroatoms. The molecule has 11 aromatic rings. The van der Waals surface area contributed by atoms with Crippen LogP contribution in [0.1, 0.15) is 48.6 Å². The summed E-state index contributed by atoms with van der Waals surface area (Å²) in [6.07, 6.45) is 0. The SMILES string of the molecule is CC(C)(C)c1cccc(-c2cc(-n3c4ccccc4c4cc(-n5c6ccccc6c6ccccc65)ccc43)cc(C(c3ccccc3)(c3ccccc3)c3ccccc3)c2)c1. The molecule has 0 saturated heterocycles. The monoisotopic (exact) mass is 782 g/mol. The van der Waals surface area contributed by atoms with Crippen LogP contribution in [0.25, 0.3) is 66.1 Å². The summed E-state index contributed by atoms with van der Waals surface area (Å²) in [6.45, 7) is 6.89. The molecular formula is C59H46N2. The van der Waals surface area contributed by atoms with Crippen LogP contribution in [0.3, 0.4) is 0 Å². The Bertz CT molecular complexity index is 3230. The van der Waals surface area contributed by atoms with E-state index in [4.69, 9.17) is 0 Å². The minimum absolute atomic E-state index is 0.000760. The van der Waals surface area contributed by atoms with Gasteiger partial charge in [-0.1, -0.05) is 191 Å². The van der Waals surface area contributed by atoms with Gasteiger partial charge >= 0.3 is 0 Å². The van der Waals surface area contributed by atoms with Crippen LogP contribution in [0.15, 0.2) is 224 Å². The Hall–Kier alpha value is -7.42. The fourth-order valence-electron chi connectivity index (χ4n) is 9.93. The van der Waals surface area contributed by atoms with Crippen molar-refractivity contribution in [1.82, 2.24) is 9.13 Å². The molecule has 0 aliphatic rings. The molecule has 0 N–H and O–H groups in total. The minimum Gasteiger partial charge on any atom is -0.309 e. The van der Waals surface area contributed by atoms with Crippen molar-refractivity contribution in [3.05, 3.63) is 252 Å². The Kier molecular flexibility index (Phi) is 8.65. The zero-order valence-corrected chi connectivity index (χ0v) is 34.8. The summed E-state index contributed by atoms with van der Waals surface area (Å²) < 4.78 is 4.91. The van der Waals surface area contributed by atoms with E-state index in [1.54, 1.807) is 0 Å². The Labute approximate surface area is 357 Å². The first-order valence-electron chi connectivity index (χ1n) is 21.3. The van der Waals surface area contributed by atoms with E-state index in [-0.39, 0.29) is 5.41 Å². The number of fused-ring (bicyclic) bond motifs is 6. The summed E-state index contributed by atoms with van der Waals surface area (Å²) in [4.78, 5) is 0. The smallest absolute Gasteiger partial charge is 0.0702 e. The van der Waals surface area contributed by atoms with E-state index in [1.807, 2.05) is 0 Å². The Morgan fingerprint density at radius 1 is 0.279 bits per heavy atom. The van der Waals surface area contributed by atoms with Gasteiger partial charge in [-0.15, -0.1) is 0 Å². The molecular weight excluding hydrogens is 737 g/mol. The lowest BCUT2D eigenvalue weighted by Gasteiger charge is -2.37. The van der Waals surface area contributed by atoms with Gasteiger partial charge in [-0.2, -0.15) is 0 Å². The number of aromatic nitrogens is 2. The molecule has 0 saturated carbocycles. The van der Waals surface area contributed by atoms with Crippen molar-refractivity contribution in [2.75, 3.05) is 0 Å². The molecule has 0 atom stereocenters. The van der Waals surface area contributed by atoms with Crippen molar-refractivity contribution < 1.29 is 0 Å². The molecule has 11 rings (SSSR count). The first kappa shape index (κ1) is 36.6. The Balaban J connectivity index is 1.24. The molecule has 9 aromatic carbocycles. The average molecular weight is 783 g/mol. The van der Waals surface area contributed by atoms with Crippen LogP contribution in [0, 0.1) is 0 Å². The molecule has 0 aliphatic heterocycles. The summed E-state index contributed by atoms with van der Waals surface area (Å²) >= 11 is 0. The van der Waals surface area contributed by atoms with Crippen LogP contribution in [-0.4, -0.2) is 9.13 Å². The fraction of sp³-hybridized carbons (Fsp3) is 0.0847. The molecule has 0 unspecified atom stereocenters. The van der Waals surface area contributed by atoms with Crippen LogP contribution in [0.5, 0.6) is 0 Å². The standard InChI is InChI=1S/C59H46N2/c1-58(2,3)46-27-19-20-41(36-46)42-37-47(59(43-21-7-4-8-22-43,44-23-9-5-10-24-44)45-25-11-6-12-26-45)39-49(38-42)61-56-33-18-15-30-52(56)53-40-48(34-35-57(53)61)60-54-31-16-13-28-50(54)51-29-14-17-32-55(51)60/h4-40H,1-3H3. The summed E-state index contributed by atoms with van der Waals surface area (Å²) in [5.74, 6) is 0. The third-order valence-electron chi connectivity index (χ3n) is 12.8. The predicted molar refractivity (Wildman–Crippen MR) is 258 cm³/mol. The molecule has 0 fully saturated rings. The molecule has 2 heterocycles. The van der Waals surface area contributed by atoms with Crippen LogP contribution >= 0.6 is 0 Å². The van der Waals surface area contributed by atoms with Crippen LogP contribution in [-0.2, 0) is 10.8 Å². The van der Waals surface area contributed by atoms with Crippen molar-refractivity contribution in [3.63, 3.8) is 0 Å². The maximum Gasteiger partial charge on any atom is 0.0702 e. The predicted octanol–water partition coefficient (Wildman–Crippen LogP) is 15.2. The van der Waals surface area contributed by atoms with Crippen molar-refractivity contribution in [3.8, 4) is 22.5 Å². The maximum absolute atomic E-state index is 2.49. The van der Waals surface area contributed by atoms with E-state index in [9.17, 15) is 0 Å². The van der Waals surface area contributed by atoms with Gasteiger partial charge in [0.05, 0.1) is 27.5 Å². The van der Waals surface area contributed by atoms with E-state index < -0.39 is 5.41 Å². The van der Waals surface area contributed by atoms with Gasteiger partial charge in [-0.3, -0.25) is 0 Å². The number of benzene rings is 9. The van der Waals surface area contributed by atoms with Crippen molar-refractivity contribution in [1.29, 1.82) is 0 Å². The normalized spacial score (nSPS) is 12.2. The highest BCUT2D eigenvalue weighted by atomic mass is 15.0. The van der Waals surface area contributed by atoms with Crippen molar-refractivity contribution in [2.24, 2.45) is 0 Å². The molecule has 292 valence electrons. The molecule has 0 spiro atoms. The van der Waals surface area contributed by atoms with Gasteiger partial charge in [-0.25, -0.2) is 0 Å². The molecule has 2 aromatic heterocycles. The maximum atomic E-state index is 2.49. The molecule has 2 nitrogen and oxygen atoms in total. The second-order valence-electron chi connectivity index (χ2n) is 17.4. The zero-order chi connectivity index (χ0) is 41.1. The summed E-state index contributed by atoms with van der Waals surface area (Å²) in [5, 5.41) is 4.97. The van der Waals surface area contributed by atoms with Gasteiger partial charge < -0.3 is 9.13 Å². The van der Waals surface area contributed by atoms with Crippen molar-refractivity contribution >= 4 is 43.6 Å². The van der Waals surface area contributed by atoms with Crippen molar-refractivity contribution in [2.45, 2.75) is 31.6 Å². The van der Waals surface area contributed by atoms with Gasteiger partial charge in [0, 0.05) is 32.9 Å². The number of hydrogen-bond acceptors (Lipinski definition) is 0. The largest absolute Gasteiger partial charge is 0.309 e. The lowest BCUT2D eigenvalue weighted by molar-refractivity contribution is 0.590. The molecule has 0 bridgehead atoms. The Morgan fingerprint density at radius 2 is 0.705 bits per heavy atom. The summed E-state index contributed by atoms with van der Waals surface area (Å²) in [5.41, 5.74) is 15.0. The number of nitrogens with zero attached hydrogens (tertiary/aromatic N) is 2. The lowest BCUT2D eigenvalue weighted by Crippen LogP contribution is -2.31. The molecule has 0 radical (unpaired) electrons. The summed E-state index contributed by atoms with van der Waals surface area (Å²) in [6, 6.07) is 83.1. The van der Waals surface area contributed by atoms with E-state index >= 15 is 0 Å². The second kappa shape index (κ2) is 14.4. The third kappa shape index (κ3) is 5.93. The topological polar surface area (TPSA) is 9.86 Å². The summed E-state index contributed by atoms with van der Waals surface area (Å²) in [7, 11) is 0. The third-order valence-corrected chi connectivity index (χ3v) is 12.8. The highest BCUT2D eigenvalue weighted by Gasteiger charge is 2.39. The van der Waals surface area contributed by atoms with E-state index in [0.717, 1.165) is 11.4 Å². The zero-order valence-electron chi connectivity index (χ0n) is 34.8. The van der Waals surface area contributed by atoms with Gasteiger partial charge in [0.2, 0.25) is 0 Å². The number of para-hydroxylation sites is 3. The average Bonchev–Trinajstić information content (AvgIpc) is 3.83. The fourth-order valence-corrected chi connectivity index (χ4v) is 9.93. The molecule has 0 amide bonds. The number of rotatable bonds is 7. The molecule has 61 heavy (non-hydrogen) atoms. The first-order chi connectivity index (χ1) is 29.9.